The first-order chi connectivity index (χ1) is 8.72. The van der Waals surface area contributed by atoms with E-state index in [4.69, 9.17) is 0 Å². The van der Waals surface area contributed by atoms with Crippen LogP contribution in [0, 0.1) is 0 Å². The fourth-order valence-electron chi connectivity index (χ4n) is 2.79. The minimum atomic E-state index is 0.678. The van der Waals surface area contributed by atoms with Crippen LogP contribution in [0.1, 0.15) is 66.2 Å². The fraction of sp³-hybridized carbons (Fsp3) is 0.765. The summed E-state index contributed by atoms with van der Waals surface area (Å²) >= 11 is 0. The van der Waals surface area contributed by atoms with Gasteiger partial charge in [0.25, 0.3) is 0 Å². The first kappa shape index (κ1) is 15.5. The predicted octanol–water partition coefficient (Wildman–Crippen LogP) is 4.94. The summed E-state index contributed by atoms with van der Waals surface area (Å²) in [5.41, 5.74) is 3.11. The normalized spacial score (nSPS) is 23.4. The summed E-state index contributed by atoms with van der Waals surface area (Å²) in [5.74, 6) is 0. The van der Waals surface area contributed by atoms with Gasteiger partial charge in [0.2, 0.25) is 0 Å². The molecule has 0 radical (unpaired) electrons. The molecule has 1 heterocycles. The summed E-state index contributed by atoms with van der Waals surface area (Å²) in [6.07, 6.45) is 12.6. The molecule has 0 saturated carbocycles. The highest BCUT2D eigenvalue weighted by Crippen LogP contribution is 2.26. The molecule has 0 bridgehead atoms. The zero-order valence-corrected chi connectivity index (χ0v) is 12.8. The number of allylic oxidation sites excluding steroid dienone is 1. The van der Waals surface area contributed by atoms with E-state index in [1.807, 2.05) is 0 Å². The van der Waals surface area contributed by atoms with Gasteiger partial charge >= 0.3 is 0 Å². The van der Waals surface area contributed by atoms with Crippen molar-refractivity contribution in [2.75, 3.05) is 13.1 Å². The first-order valence-corrected chi connectivity index (χ1v) is 7.84. The van der Waals surface area contributed by atoms with Crippen molar-refractivity contribution in [1.82, 2.24) is 4.90 Å². The number of rotatable bonds is 7. The molecule has 1 aliphatic rings. The summed E-state index contributed by atoms with van der Waals surface area (Å²) in [4.78, 5) is 2.70. The van der Waals surface area contributed by atoms with E-state index in [1.54, 1.807) is 5.57 Å². The van der Waals surface area contributed by atoms with Crippen molar-refractivity contribution in [3.63, 3.8) is 0 Å². The van der Waals surface area contributed by atoms with Crippen molar-refractivity contribution in [2.24, 2.45) is 0 Å². The SMILES string of the molecule is CCC/C=C1\C=C(C)CN(CCCC)C1CCC. The molecule has 0 amide bonds. The van der Waals surface area contributed by atoms with Gasteiger partial charge in [-0.3, -0.25) is 4.90 Å². The molecule has 1 nitrogen and oxygen atoms in total. The molecule has 0 spiro atoms. The van der Waals surface area contributed by atoms with Gasteiger partial charge in [0.15, 0.2) is 0 Å². The molecular formula is C17H31N. The van der Waals surface area contributed by atoms with Crippen molar-refractivity contribution in [3.8, 4) is 0 Å². The van der Waals surface area contributed by atoms with Crippen LogP contribution in [0.15, 0.2) is 23.3 Å². The molecule has 104 valence electrons. The van der Waals surface area contributed by atoms with Crippen LogP contribution in [-0.4, -0.2) is 24.0 Å². The molecule has 0 aliphatic carbocycles. The maximum Gasteiger partial charge on any atom is 0.0348 e. The molecule has 0 aromatic carbocycles. The molecule has 0 N–H and O–H groups in total. The molecule has 0 saturated heterocycles. The van der Waals surface area contributed by atoms with Crippen LogP contribution in [0.25, 0.3) is 0 Å². The third kappa shape index (κ3) is 4.61. The quantitative estimate of drug-likeness (QED) is 0.617. The van der Waals surface area contributed by atoms with Gasteiger partial charge in [-0.2, -0.15) is 0 Å². The summed E-state index contributed by atoms with van der Waals surface area (Å²) in [7, 11) is 0. The molecule has 1 aliphatic heterocycles. The fourth-order valence-corrected chi connectivity index (χ4v) is 2.79. The van der Waals surface area contributed by atoms with Gasteiger partial charge < -0.3 is 0 Å². The Hall–Kier alpha value is -0.560. The number of hydrogen-bond donors (Lipinski definition) is 0. The van der Waals surface area contributed by atoms with E-state index in [0.29, 0.717) is 6.04 Å². The minimum Gasteiger partial charge on any atom is -0.292 e. The lowest BCUT2D eigenvalue weighted by Crippen LogP contribution is -2.41. The lowest BCUT2D eigenvalue weighted by atomic mass is 9.92. The molecule has 18 heavy (non-hydrogen) atoms. The summed E-state index contributed by atoms with van der Waals surface area (Å²) in [6, 6.07) is 0.678. The molecule has 1 unspecified atom stereocenters. The smallest absolute Gasteiger partial charge is 0.0348 e. The zero-order chi connectivity index (χ0) is 13.4. The highest BCUT2D eigenvalue weighted by molar-refractivity contribution is 5.32. The molecule has 0 aromatic rings. The van der Waals surface area contributed by atoms with Crippen LogP contribution in [0.4, 0.5) is 0 Å². The van der Waals surface area contributed by atoms with Gasteiger partial charge in [-0.1, -0.05) is 57.8 Å². The molecule has 0 aromatic heterocycles. The Morgan fingerprint density at radius 1 is 1.22 bits per heavy atom. The lowest BCUT2D eigenvalue weighted by Gasteiger charge is -2.37. The van der Waals surface area contributed by atoms with E-state index in [0.717, 1.165) is 0 Å². The van der Waals surface area contributed by atoms with Crippen molar-refractivity contribution < 1.29 is 0 Å². The monoisotopic (exact) mass is 249 g/mol. The third-order valence-electron chi connectivity index (χ3n) is 3.72. The molecule has 1 atom stereocenters. The lowest BCUT2D eigenvalue weighted by molar-refractivity contribution is 0.219. The Labute approximate surface area is 114 Å². The van der Waals surface area contributed by atoms with E-state index in [-0.39, 0.29) is 0 Å². The highest BCUT2D eigenvalue weighted by Gasteiger charge is 2.24. The highest BCUT2D eigenvalue weighted by atomic mass is 15.2. The maximum absolute atomic E-state index is 2.70. The van der Waals surface area contributed by atoms with Gasteiger partial charge in [-0.15, -0.1) is 0 Å². The summed E-state index contributed by atoms with van der Waals surface area (Å²) in [6.45, 7) is 11.6. The standard InChI is InChI=1S/C17H31N/c1-5-8-11-16-13-15(4)14-18(12-9-6-2)17(16)10-7-3/h11,13,17H,5-10,12,14H2,1-4H3/b16-11+. The van der Waals surface area contributed by atoms with Crippen LogP contribution >= 0.6 is 0 Å². The van der Waals surface area contributed by atoms with Gasteiger partial charge in [-0.25, -0.2) is 0 Å². The van der Waals surface area contributed by atoms with Gasteiger partial charge in [-0.05, 0) is 38.3 Å². The van der Waals surface area contributed by atoms with Crippen molar-refractivity contribution in [3.05, 3.63) is 23.3 Å². The average Bonchev–Trinajstić information content (AvgIpc) is 2.36. The van der Waals surface area contributed by atoms with Crippen LogP contribution < -0.4 is 0 Å². The van der Waals surface area contributed by atoms with Crippen molar-refractivity contribution in [2.45, 2.75) is 72.3 Å². The van der Waals surface area contributed by atoms with E-state index >= 15 is 0 Å². The van der Waals surface area contributed by atoms with Crippen LogP contribution in [0.2, 0.25) is 0 Å². The molecule has 0 fully saturated rings. The average molecular weight is 249 g/mol. The summed E-state index contributed by atoms with van der Waals surface area (Å²) in [5, 5.41) is 0. The second-order valence-electron chi connectivity index (χ2n) is 5.61. The zero-order valence-electron chi connectivity index (χ0n) is 12.8. The predicted molar refractivity (Wildman–Crippen MR) is 81.9 cm³/mol. The maximum atomic E-state index is 2.70. The Morgan fingerprint density at radius 3 is 2.61 bits per heavy atom. The molecular weight excluding hydrogens is 218 g/mol. The Balaban J connectivity index is 2.81. The second-order valence-corrected chi connectivity index (χ2v) is 5.61. The Morgan fingerprint density at radius 2 is 2.00 bits per heavy atom. The van der Waals surface area contributed by atoms with Crippen LogP contribution in [-0.2, 0) is 0 Å². The van der Waals surface area contributed by atoms with Crippen LogP contribution in [0.3, 0.4) is 0 Å². The van der Waals surface area contributed by atoms with Gasteiger partial charge in [0.05, 0.1) is 0 Å². The second kappa shape index (κ2) is 8.53. The van der Waals surface area contributed by atoms with Crippen molar-refractivity contribution in [1.29, 1.82) is 0 Å². The Kier molecular flexibility index (Phi) is 7.34. The largest absolute Gasteiger partial charge is 0.292 e. The molecule has 1 heteroatoms. The van der Waals surface area contributed by atoms with E-state index in [9.17, 15) is 0 Å². The van der Waals surface area contributed by atoms with E-state index in [1.165, 1.54) is 57.2 Å². The third-order valence-corrected chi connectivity index (χ3v) is 3.72. The van der Waals surface area contributed by atoms with Crippen LogP contribution in [0.5, 0.6) is 0 Å². The number of nitrogens with zero attached hydrogens (tertiary/aromatic N) is 1. The number of unbranched alkanes of at least 4 members (excludes halogenated alkanes) is 2. The van der Waals surface area contributed by atoms with E-state index < -0.39 is 0 Å². The topological polar surface area (TPSA) is 3.24 Å². The minimum absolute atomic E-state index is 0.678. The molecule has 1 rings (SSSR count). The van der Waals surface area contributed by atoms with E-state index in [2.05, 4.69) is 44.7 Å². The Bertz CT molecular complexity index is 288. The van der Waals surface area contributed by atoms with Gasteiger partial charge in [0, 0.05) is 12.6 Å². The van der Waals surface area contributed by atoms with Gasteiger partial charge in [0.1, 0.15) is 0 Å². The van der Waals surface area contributed by atoms with Crippen molar-refractivity contribution >= 4 is 0 Å². The summed E-state index contributed by atoms with van der Waals surface area (Å²) < 4.78 is 0. The first-order valence-electron chi connectivity index (χ1n) is 7.84. The number of hydrogen-bond acceptors (Lipinski definition) is 1.